The van der Waals surface area contributed by atoms with E-state index in [0.717, 1.165) is 38.5 Å². The fourth-order valence-corrected chi connectivity index (χ4v) is 3.17. The van der Waals surface area contributed by atoms with E-state index in [9.17, 15) is 19.8 Å². The van der Waals surface area contributed by atoms with E-state index in [2.05, 4.69) is 0 Å². The summed E-state index contributed by atoms with van der Waals surface area (Å²) < 4.78 is 0. The molecule has 0 spiro atoms. The number of rotatable bonds is 2. The van der Waals surface area contributed by atoms with Crippen LogP contribution in [0.2, 0.25) is 0 Å². The SMILES string of the molecule is O=C([O-])C1(Cl)CCCCC1.O=C([O-])C1(Cl)CCCCC1.[Zn+2]. The predicted molar refractivity (Wildman–Crippen MR) is 73.4 cm³/mol. The fraction of sp³-hybridized carbons (Fsp3) is 0.857. The molecule has 0 saturated heterocycles. The summed E-state index contributed by atoms with van der Waals surface area (Å²) in [6.07, 6.45) is 8.12. The Hall–Kier alpha value is 0.143. The number of carboxylic acid groups (broad SMARTS) is 2. The van der Waals surface area contributed by atoms with Gasteiger partial charge in [0.2, 0.25) is 0 Å². The molecule has 2 fully saturated rings. The monoisotopic (exact) mass is 386 g/mol. The summed E-state index contributed by atoms with van der Waals surface area (Å²) in [5.41, 5.74) is 0. The largest absolute Gasteiger partial charge is 2.00 e. The quantitative estimate of drug-likeness (QED) is 0.528. The maximum absolute atomic E-state index is 10.4. The molecule has 7 heteroatoms. The molecule has 2 saturated carbocycles. The molecule has 0 atom stereocenters. The number of carbonyl (C=O) groups is 2. The first-order chi connectivity index (χ1) is 9.30. The van der Waals surface area contributed by atoms with Gasteiger partial charge in [0, 0.05) is 0 Å². The zero-order valence-electron chi connectivity index (χ0n) is 12.2. The molecule has 0 aromatic carbocycles. The van der Waals surface area contributed by atoms with Gasteiger partial charge in [-0.05, 0) is 25.7 Å². The van der Waals surface area contributed by atoms with Gasteiger partial charge in [0.25, 0.3) is 0 Å². The summed E-state index contributed by atoms with van der Waals surface area (Å²) in [6, 6.07) is 0. The summed E-state index contributed by atoms with van der Waals surface area (Å²) in [5, 5.41) is 20.9. The minimum atomic E-state index is -1.10. The Balaban J connectivity index is 0.000000364. The first-order valence-electron chi connectivity index (χ1n) is 7.11. The van der Waals surface area contributed by atoms with Crippen molar-refractivity contribution in [1.29, 1.82) is 0 Å². The number of hydrogen-bond donors (Lipinski definition) is 0. The zero-order chi connectivity index (χ0) is 15.2. The van der Waals surface area contributed by atoms with Crippen LogP contribution in [0.3, 0.4) is 0 Å². The summed E-state index contributed by atoms with van der Waals surface area (Å²) in [4.78, 5) is 18.8. The van der Waals surface area contributed by atoms with Crippen LogP contribution in [0, 0.1) is 0 Å². The molecule has 0 heterocycles. The number of aliphatic carboxylic acids is 2. The van der Waals surface area contributed by atoms with Gasteiger partial charge in [0.1, 0.15) is 0 Å². The van der Waals surface area contributed by atoms with E-state index in [0.29, 0.717) is 25.7 Å². The Bertz CT molecular complexity index is 317. The van der Waals surface area contributed by atoms with Gasteiger partial charge in [-0.1, -0.05) is 38.5 Å². The number of hydrogen-bond acceptors (Lipinski definition) is 4. The van der Waals surface area contributed by atoms with Gasteiger partial charge in [-0.25, -0.2) is 0 Å². The second kappa shape index (κ2) is 9.32. The smallest absolute Gasteiger partial charge is 0.548 e. The molecular weight excluding hydrogens is 368 g/mol. The molecule has 0 N–H and O–H groups in total. The molecule has 116 valence electrons. The summed E-state index contributed by atoms with van der Waals surface area (Å²) in [6.45, 7) is 0. The van der Waals surface area contributed by atoms with Crippen molar-refractivity contribution in [1.82, 2.24) is 0 Å². The van der Waals surface area contributed by atoms with Crippen LogP contribution in [0.15, 0.2) is 0 Å². The molecule has 2 aliphatic carbocycles. The van der Waals surface area contributed by atoms with Crippen LogP contribution < -0.4 is 10.2 Å². The zero-order valence-corrected chi connectivity index (χ0v) is 16.6. The van der Waals surface area contributed by atoms with Gasteiger partial charge in [-0.3, -0.25) is 0 Å². The van der Waals surface area contributed by atoms with Crippen LogP contribution in [0.1, 0.15) is 64.2 Å². The van der Waals surface area contributed by atoms with Crippen molar-refractivity contribution in [3.05, 3.63) is 0 Å². The van der Waals surface area contributed by atoms with Crippen LogP contribution in [-0.4, -0.2) is 21.7 Å². The Morgan fingerprint density at radius 3 is 1.05 bits per heavy atom. The molecule has 4 nitrogen and oxygen atoms in total. The Kier molecular flexibility index (Phi) is 9.38. The molecular formula is C14H20Cl2O4Zn. The van der Waals surface area contributed by atoms with Crippen LogP contribution in [0.25, 0.3) is 0 Å². The first kappa shape index (κ1) is 21.1. The molecule has 0 aromatic heterocycles. The van der Waals surface area contributed by atoms with Crippen molar-refractivity contribution in [3.8, 4) is 0 Å². The molecule has 0 aromatic rings. The van der Waals surface area contributed by atoms with Gasteiger partial charge >= 0.3 is 19.5 Å². The average molecular weight is 389 g/mol. The van der Waals surface area contributed by atoms with Gasteiger partial charge in [-0.2, -0.15) is 0 Å². The molecule has 2 aliphatic rings. The summed E-state index contributed by atoms with van der Waals surface area (Å²) in [5.74, 6) is -2.21. The van der Waals surface area contributed by atoms with Crippen LogP contribution >= 0.6 is 23.2 Å². The van der Waals surface area contributed by atoms with Crippen molar-refractivity contribution < 1.29 is 39.3 Å². The molecule has 0 aliphatic heterocycles. The topological polar surface area (TPSA) is 80.3 Å². The van der Waals surface area contributed by atoms with E-state index in [1.54, 1.807) is 0 Å². The van der Waals surface area contributed by atoms with Crippen molar-refractivity contribution in [2.75, 3.05) is 0 Å². The standard InChI is InChI=1S/2C7H11ClO2.Zn/c2*8-7(6(9)10)4-2-1-3-5-7;/h2*1-5H2,(H,9,10);/q;;+2/p-2. The average Bonchev–Trinajstić information content (AvgIpc) is 2.41. The van der Waals surface area contributed by atoms with E-state index in [1.807, 2.05) is 0 Å². The molecule has 2 rings (SSSR count). The molecule has 0 amide bonds. The normalized spacial score (nSPS) is 23.0. The summed E-state index contributed by atoms with van der Waals surface area (Å²) in [7, 11) is 0. The van der Waals surface area contributed by atoms with Crippen LogP contribution in [-0.2, 0) is 29.1 Å². The third-order valence-electron chi connectivity index (χ3n) is 4.02. The van der Waals surface area contributed by atoms with Crippen LogP contribution in [0.5, 0.6) is 0 Å². The maximum Gasteiger partial charge on any atom is 2.00 e. The Morgan fingerprint density at radius 2 is 0.905 bits per heavy atom. The van der Waals surface area contributed by atoms with E-state index >= 15 is 0 Å². The minimum Gasteiger partial charge on any atom is -0.548 e. The second-order valence-electron chi connectivity index (χ2n) is 5.63. The van der Waals surface area contributed by atoms with Gasteiger partial charge < -0.3 is 19.8 Å². The summed E-state index contributed by atoms with van der Waals surface area (Å²) >= 11 is 11.5. The Morgan fingerprint density at radius 1 is 0.667 bits per heavy atom. The number of alkyl halides is 2. The number of carboxylic acids is 2. The third-order valence-corrected chi connectivity index (χ3v) is 5.09. The van der Waals surface area contributed by atoms with Crippen LogP contribution in [0.4, 0.5) is 0 Å². The van der Waals surface area contributed by atoms with Crippen molar-refractivity contribution >= 4 is 35.1 Å². The maximum atomic E-state index is 10.4. The van der Waals surface area contributed by atoms with E-state index < -0.39 is 21.7 Å². The van der Waals surface area contributed by atoms with Gasteiger partial charge in [-0.15, -0.1) is 23.2 Å². The molecule has 21 heavy (non-hydrogen) atoms. The van der Waals surface area contributed by atoms with Gasteiger partial charge in [0.15, 0.2) is 0 Å². The Labute approximate surface area is 148 Å². The minimum absolute atomic E-state index is 0. The number of carbonyl (C=O) groups excluding carboxylic acids is 2. The third kappa shape index (κ3) is 6.42. The van der Waals surface area contributed by atoms with Crippen molar-refractivity contribution in [3.63, 3.8) is 0 Å². The fourth-order valence-electron chi connectivity index (χ4n) is 2.63. The molecule has 0 unspecified atom stereocenters. The molecule has 0 bridgehead atoms. The molecule has 0 radical (unpaired) electrons. The van der Waals surface area contributed by atoms with E-state index in [-0.39, 0.29) is 19.5 Å². The van der Waals surface area contributed by atoms with Crippen molar-refractivity contribution in [2.24, 2.45) is 0 Å². The van der Waals surface area contributed by atoms with E-state index in [1.165, 1.54) is 0 Å². The first-order valence-corrected chi connectivity index (χ1v) is 7.86. The van der Waals surface area contributed by atoms with E-state index in [4.69, 9.17) is 23.2 Å². The second-order valence-corrected chi connectivity index (χ2v) is 7.07. The predicted octanol–water partition coefficient (Wildman–Crippen LogP) is 1.35. The van der Waals surface area contributed by atoms with Gasteiger partial charge in [0.05, 0.1) is 21.7 Å². The van der Waals surface area contributed by atoms with Crippen molar-refractivity contribution in [2.45, 2.75) is 74.0 Å². The number of halogens is 2.